The van der Waals surface area contributed by atoms with Crippen LogP contribution in [0.2, 0.25) is 0 Å². The molecule has 0 radical (unpaired) electrons. The zero-order valence-corrected chi connectivity index (χ0v) is 12.8. The molecule has 1 saturated heterocycles. The maximum atomic E-state index is 11.9. The molecule has 0 spiro atoms. The van der Waals surface area contributed by atoms with Gasteiger partial charge in [0.2, 0.25) is 0 Å². The summed E-state index contributed by atoms with van der Waals surface area (Å²) in [5.74, 6) is 0.524. The van der Waals surface area contributed by atoms with E-state index in [2.05, 4.69) is 21.5 Å². The predicted octanol–water partition coefficient (Wildman–Crippen LogP) is -0.991. The van der Waals surface area contributed by atoms with Crippen LogP contribution >= 0.6 is 11.8 Å². The van der Waals surface area contributed by atoms with Gasteiger partial charge in [-0.1, -0.05) is 17.8 Å². The molecule has 0 saturated carbocycles. The van der Waals surface area contributed by atoms with Crippen molar-refractivity contribution in [1.29, 1.82) is 0 Å². The van der Waals surface area contributed by atoms with Crippen LogP contribution in [0.1, 0.15) is 6.23 Å². The summed E-state index contributed by atoms with van der Waals surface area (Å²) in [5.41, 5.74) is -0.0760. The van der Waals surface area contributed by atoms with Gasteiger partial charge in [0.05, 0.1) is 12.9 Å². The molecule has 4 N–H and O–H groups in total. The zero-order valence-electron chi connectivity index (χ0n) is 12.0. The number of hydrogen-bond donors (Lipinski definition) is 4. The molecule has 2 aromatic rings. The fourth-order valence-electron chi connectivity index (χ4n) is 2.46. The molecule has 2 aromatic heterocycles. The molecule has 1 aliphatic rings. The molecule has 9 nitrogen and oxygen atoms in total. The normalized spacial score (nSPS) is 27.6. The number of aromatic amines is 1. The molecule has 0 aromatic carbocycles. The Morgan fingerprint density at radius 3 is 2.91 bits per heavy atom. The van der Waals surface area contributed by atoms with E-state index in [4.69, 9.17) is 4.74 Å². The Morgan fingerprint density at radius 2 is 2.26 bits per heavy atom. The Hall–Kier alpha value is -1.72. The predicted molar refractivity (Wildman–Crippen MR) is 82.1 cm³/mol. The first-order chi connectivity index (χ1) is 11.1. The summed E-state index contributed by atoms with van der Waals surface area (Å²) in [4.78, 5) is 22.7. The lowest BCUT2D eigenvalue weighted by Crippen LogP contribution is -2.33. The summed E-state index contributed by atoms with van der Waals surface area (Å²) in [6.45, 7) is 3.19. The number of nitrogens with one attached hydrogen (secondary N) is 1. The minimum atomic E-state index is -1.28. The first-order valence-corrected chi connectivity index (χ1v) is 7.88. The Labute approximate surface area is 134 Å². The molecule has 4 atom stereocenters. The van der Waals surface area contributed by atoms with E-state index in [0.717, 1.165) is 0 Å². The number of aliphatic hydroxyl groups is 3. The fourth-order valence-corrected chi connectivity index (χ4v) is 3.21. The van der Waals surface area contributed by atoms with Gasteiger partial charge in [-0.05, 0) is 0 Å². The number of hydrogen-bond acceptors (Lipinski definition) is 8. The lowest BCUT2D eigenvalue weighted by Gasteiger charge is -2.18. The monoisotopic (exact) mass is 340 g/mol. The average Bonchev–Trinajstić information content (AvgIpc) is 3.05. The van der Waals surface area contributed by atoms with Gasteiger partial charge in [-0.15, -0.1) is 6.58 Å². The van der Waals surface area contributed by atoms with Crippen molar-refractivity contribution in [1.82, 2.24) is 19.5 Å². The van der Waals surface area contributed by atoms with Gasteiger partial charge in [0, 0.05) is 5.75 Å². The minimum absolute atomic E-state index is 0.108. The second-order valence-corrected chi connectivity index (χ2v) is 5.98. The number of H-pyrrole nitrogens is 1. The quantitative estimate of drug-likeness (QED) is 0.403. The molecule has 10 heteroatoms. The number of imidazole rings is 1. The second-order valence-electron chi connectivity index (χ2n) is 5.00. The van der Waals surface area contributed by atoms with Gasteiger partial charge in [0.1, 0.15) is 18.3 Å². The SMILES string of the molecule is C=CCSc1nc2c(=O)[nH]cnc2n1[C@H]1O[C@@H](CO)[C@@H](O)[C@@H]1O. The third-order valence-corrected chi connectivity index (χ3v) is 4.50. The third-order valence-electron chi connectivity index (χ3n) is 3.55. The minimum Gasteiger partial charge on any atom is -0.394 e. The molecule has 3 rings (SSSR count). The van der Waals surface area contributed by atoms with Crippen molar-refractivity contribution < 1.29 is 20.1 Å². The topological polar surface area (TPSA) is 133 Å². The zero-order chi connectivity index (χ0) is 16.6. The van der Waals surface area contributed by atoms with E-state index < -0.39 is 36.7 Å². The molecular weight excluding hydrogens is 324 g/mol. The summed E-state index contributed by atoms with van der Waals surface area (Å²) >= 11 is 1.29. The van der Waals surface area contributed by atoms with Crippen molar-refractivity contribution >= 4 is 22.9 Å². The smallest absolute Gasteiger partial charge is 0.278 e. The van der Waals surface area contributed by atoms with Gasteiger partial charge in [0.15, 0.2) is 22.5 Å². The van der Waals surface area contributed by atoms with Crippen LogP contribution in [-0.2, 0) is 4.74 Å². The van der Waals surface area contributed by atoms with E-state index in [1.54, 1.807) is 6.08 Å². The summed E-state index contributed by atoms with van der Waals surface area (Å²) in [5, 5.41) is 29.8. The Balaban J connectivity index is 2.13. The van der Waals surface area contributed by atoms with Crippen LogP contribution in [0.25, 0.3) is 11.2 Å². The van der Waals surface area contributed by atoms with Crippen LogP contribution in [0.3, 0.4) is 0 Å². The van der Waals surface area contributed by atoms with Crippen molar-refractivity contribution in [3.8, 4) is 0 Å². The first kappa shape index (κ1) is 16.1. The van der Waals surface area contributed by atoms with Crippen molar-refractivity contribution in [3.63, 3.8) is 0 Å². The molecule has 3 heterocycles. The number of aliphatic hydroxyl groups excluding tert-OH is 3. The Kier molecular flexibility index (Phi) is 4.50. The van der Waals surface area contributed by atoms with Crippen LogP contribution in [0.5, 0.6) is 0 Å². The number of rotatable bonds is 5. The van der Waals surface area contributed by atoms with E-state index in [9.17, 15) is 20.1 Å². The largest absolute Gasteiger partial charge is 0.394 e. The lowest BCUT2D eigenvalue weighted by molar-refractivity contribution is -0.0548. The van der Waals surface area contributed by atoms with E-state index in [0.29, 0.717) is 10.9 Å². The highest BCUT2D eigenvalue weighted by atomic mass is 32.2. The van der Waals surface area contributed by atoms with Crippen molar-refractivity contribution in [2.24, 2.45) is 0 Å². The van der Waals surface area contributed by atoms with E-state index in [1.165, 1.54) is 22.7 Å². The highest BCUT2D eigenvalue weighted by Crippen LogP contribution is 2.34. The molecule has 1 aliphatic heterocycles. The highest BCUT2D eigenvalue weighted by Gasteiger charge is 2.45. The highest BCUT2D eigenvalue weighted by molar-refractivity contribution is 7.99. The molecular formula is C13H16N4O5S. The van der Waals surface area contributed by atoms with Crippen molar-refractivity contribution in [2.75, 3.05) is 12.4 Å². The number of thioether (sulfide) groups is 1. The summed E-state index contributed by atoms with van der Waals surface area (Å²) in [6, 6.07) is 0. The molecule has 23 heavy (non-hydrogen) atoms. The van der Waals surface area contributed by atoms with Gasteiger partial charge in [-0.25, -0.2) is 9.97 Å². The average molecular weight is 340 g/mol. The molecule has 0 aliphatic carbocycles. The number of nitrogens with zero attached hydrogens (tertiary/aromatic N) is 3. The Bertz CT molecular complexity index is 775. The maximum absolute atomic E-state index is 11.9. The van der Waals surface area contributed by atoms with Gasteiger partial charge in [-0.2, -0.15) is 0 Å². The van der Waals surface area contributed by atoms with E-state index in [1.807, 2.05) is 0 Å². The van der Waals surface area contributed by atoms with Crippen LogP contribution in [0.15, 0.2) is 28.9 Å². The number of aromatic nitrogens is 4. The van der Waals surface area contributed by atoms with Crippen molar-refractivity contribution in [2.45, 2.75) is 29.7 Å². The van der Waals surface area contributed by atoms with Gasteiger partial charge in [-0.3, -0.25) is 9.36 Å². The van der Waals surface area contributed by atoms with E-state index in [-0.39, 0.29) is 11.2 Å². The van der Waals surface area contributed by atoms with Crippen LogP contribution in [0.4, 0.5) is 0 Å². The standard InChI is InChI=1S/C13H16N4O5S/c1-2-3-23-13-16-7-10(14-5-15-11(7)21)17(13)12-9(20)8(19)6(4-18)22-12/h2,5-6,8-9,12,18-20H,1,3-4H2,(H,14,15,21)/t6-,8+,9-,12-/m0/s1. The molecule has 0 unspecified atom stereocenters. The van der Waals surface area contributed by atoms with Crippen LogP contribution in [-0.4, -0.2) is 65.5 Å². The van der Waals surface area contributed by atoms with Gasteiger partial charge < -0.3 is 25.0 Å². The fraction of sp³-hybridized carbons (Fsp3) is 0.462. The second kappa shape index (κ2) is 6.42. The Morgan fingerprint density at radius 1 is 1.48 bits per heavy atom. The molecule has 1 fully saturated rings. The maximum Gasteiger partial charge on any atom is 0.278 e. The number of fused-ring (bicyclic) bond motifs is 1. The molecule has 124 valence electrons. The first-order valence-electron chi connectivity index (χ1n) is 6.90. The third kappa shape index (κ3) is 2.68. The van der Waals surface area contributed by atoms with Gasteiger partial charge >= 0.3 is 0 Å². The van der Waals surface area contributed by atoms with Crippen LogP contribution < -0.4 is 5.56 Å². The summed E-state index contributed by atoms with van der Waals surface area (Å²) in [7, 11) is 0. The van der Waals surface area contributed by atoms with E-state index >= 15 is 0 Å². The van der Waals surface area contributed by atoms with Gasteiger partial charge in [0.25, 0.3) is 5.56 Å². The summed E-state index contributed by atoms with van der Waals surface area (Å²) < 4.78 is 6.99. The number of ether oxygens (including phenoxy) is 1. The van der Waals surface area contributed by atoms with Crippen LogP contribution in [0, 0.1) is 0 Å². The molecule has 0 amide bonds. The molecule has 0 bridgehead atoms. The lowest BCUT2D eigenvalue weighted by atomic mass is 10.1. The van der Waals surface area contributed by atoms with Crippen molar-refractivity contribution in [3.05, 3.63) is 29.3 Å². The summed E-state index contributed by atoms with van der Waals surface area (Å²) in [6.07, 6.45) is -1.56.